The zero-order chi connectivity index (χ0) is 19.3. The predicted molar refractivity (Wildman–Crippen MR) is 111 cm³/mol. The summed E-state index contributed by atoms with van der Waals surface area (Å²) in [7, 11) is 3.52. The van der Waals surface area contributed by atoms with E-state index in [0.29, 0.717) is 11.8 Å². The van der Waals surface area contributed by atoms with Gasteiger partial charge in [-0.25, -0.2) is 0 Å². The minimum Gasteiger partial charge on any atom is -0.497 e. The van der Waals surface area contributed by atoms with Crippen LogP contribution >= 0.6 is 0 Å². The average Bonchev–Trinajstić information content (AvgIpc) is 3.10. The van der Waals surface area contributed by atoms with Gasteiger partial charge in [-0.2, -0.15) is 15.1 Å². The third kappa shape index (κ3) is 3.88. The second-order valence-corrected chi connectivity index (χ2v) is 6.42. The van der Waals surface area contributed by atoms with Gasteiger partial charge >= 0.3 is 0 Å². The Morgan fingerprint density at radius 3 is 2.71 bits per heavy atom. The molecule has 0 fully saturated rings. The molecule has 2 aromatic carbocycles. The molecular formula is C21H22N6O. The van der Waals surface area contributed by atoms with Crippen molar-refractivity contribution in [2.24, 2.45) is 7.05 Å². The highest BCUT2D eigenvalue weighted by atomic mass is 16.5. The lowest BCUT2D eigenvalue weighted by Crippen LogP contribution is -2.10. The summed E-state index contributed by atoms with van der Waals surface area (Å²) >= 11 is 0. The first-order valence-electron chi connectivity index (χ1n) is 9.11. The van der Waals surface area contributed by atoms with Gasteiger partial charge < -0.3 is 15.4 Å². The Balaban J connectivity index is 1.58. The number of ether oxygens (including phenoxy) is 1. The first-order valence-corrected chi connectivity index (χ1v) is 9.11. The molecule has 0 saturated heterocycles. The van der Waals surface area contributed by atoms with E-state index in [1.807, 2.05) is 49.5 Å². The van der Waals surface area contributed by atoms with Gasteiger partial charge in [-0.3, -0.25) is 4.68 Å². The molecule has 7 heteroatoms. The first kappa shape index (κ1) is 17.8. The fourth-order valence-corrected chi connectivity index (χ4v) is 3.00. The highest BCUT2D eigenvalue weighted by molar-refractivity contribution is 5.89. The van der Waals surface area contributed by atoms with E-state index in [4.69, 9.17) is 4.74 Å². The van der Waals surface area contributed by atoms with Gasteiger partial charge in [-0.05, 0) is 24.1 Å². The SMILES string of the molecule is COc1cccc(Nc2nc(NCCc3ccccc3)nc3c2cnn3C)c1. The van der Waals surface area contributed by atoms with E-state index in [2.05, 4.69) is 37.8 Å². The van der Waals surface area contributed by atoms with E-state index >= 15 is 0 Å². The summed E-state index contributed by atoms with van der Waals surface area (Å²) < 4.78 is 7.05. The molecule has 0 radical (unpaired) electrons. The second-order valence-electron chi connectivity index (χ2n) is 6.42. The van der Waals surface area contributed by atoms with Gasteiger partial charge in [-0.15, -0.1) is 0 Å². The Bertz CT molecular complexity index is 1080. The second kappa shape index (κ2) is 7.96. The highest BCUT2D eigenvalue weighted by Crippen LogP contribution is 2.26. The molecule has 0 aliphatic carbocycles. The molecule has 0 aliphatic heterocycles. The summed E-state index contributed by atoms with van der Waals surface area (Å²) in [6.07, 6.45) is 2.66. The van der Waals surface area contributed by atoms with E-state index in [9.17, 15) is 0 Å². The molecule has 0 saturated carbocycles. The number of hydrogen-bond donors (Lipinski definition) is 2. The molecule has 0 atom stereocenters. The summed E-state index contributed by atoms with van der Waals surface area (Å²) in [5.41, 5.74) is 2.92. The molecule has 0 unspecified atom stereocenters. The maximum Gasteiger partial charge on any atom is 0.226 e. The van der Waals surface area contributed by atoms with E-state index in [1.54, 1.807) is 18.0 Å². The first-order chi connectivity index (χ1) is 13.7. The molecule has 2 aromatic heterocycles. The Labute approximate surface area is 163 Å². The van der Waals surface area contributed by atoms with Crippen molar-refractivity contribution >= 4 is 28.5 Å². The molecule has 4 rings (SSSR count). The number of nitrogens with zero attached hydrogens (tertiary/aromatic N) is 4. The molecular weight excluding hydrogens is 352 g/mol. The van der Waals surface area contributed by atoms with Crippen LogP contribution in [-0.2, 0) is 13.5 Å². The number of benzene rings is 2. The van der Waals surface area contributed by atoms with Crippen LogP contribution in [0.2, 0.25) is 0 Å². The normalized spacial score (nSPS) is 10.8. The summed E-state index contributed by atoms with van der Waals surface area (Å²) in [4.78, 5) is 9.28. The lowest BCUT2D eigenvalue weighted by Gasteiger charge is -2.11. The van der Waals surface area contributed by atoms with Gasteiger partial charge in [0, 0.05) is 25.3 Å². The Morgan fingerprint density at radius 1 is 1.04 bits per heavy atom. The average molecular weight is 374 g/mol. The Kier molecular flexibility index (Phi) is 5.05. The summed E-state index contributed by atoms with van der Waals surface area (Å²) in [5.74, 6) is 2.05. The number of hydrogen-bond acceptors (Lipinski definition) is 6. The highest BCUT2D eigenvalue weighted by Gasteiger charge is 2.12. The zero-order valence-corrected chi connectivity index (χ0v) is 15.9. The number of anilines is 3. The zero-order valence-electron chi connectivity index (χ0n) is 15.9. The lowest BCUT2D eigenvalue weighted by molar-refractivity contribution is 0.415. The number of rotatable bonds is 7. The molecule has 2 heterocycles. The fourth-order valence-electron chi connectivity index (χ4n) is 3.00. The van der Waals surface area contributed by atoms with E-state index in [0.717, 1.165) is 35.4 Å². The van der Waals surface area contributed by atoms with Gasteiger partial charge in [-0.1, -0.05) is 36.4 Å². The molecule has 28 heavy (non-hydrogen) atoms. The standard InChI is InChI=1S/C21H22N6O/c1-27-20-18(14-23-27)19(24-16-9-6-10-17(13-16)28-2)25-21(26-20)22-12-11-15-7-4-3-5-8-15/h3-10,13-14H,11-12H2,1-2H3,(H2,22,24,25,26). The minimum absolute atomic E-state index is 0.567. The summed E-state index contributed by atoms with van der Waals surface area (Å²) in [6.45, 7) is 0.742. The molecule has 0 spiro atoms. The molecule has 0 aliphatic rings. The van der Waals surface area contributed by atoms with Gasteiger partial charge in [0.25, 0.3) is 0 Å². The Hall–Kier alpha value is -3.61. The maximum atomic E-state index is 5.30. The van der Waals surface area contributed by atoms with Crippen LogP contribution in [-0.4, -0.2) is 33.4 Å². The molecule has 142 valence electrons. The molecule has 0 bridgehead atoms. The molecule has 4 aromatic rings. The van der Waals surface area contributed by atoms with Crippen molar-refractivity contribution in [1.29, 1.82) is 0 Å². The van der Waals surface area contributed by atoms with Crippen LogP contribution in [0.3, 0.4) is 0 Å². The van der Waals surface area contributed by atoms with Crippen LogP contribution in [0.5, 0.6) is 5.75 Å². The smallest absolute Gasteiger partial charge is 0.226 e. The maximum absolute atomic E-state index is 5.30. The van der Waals surface area contributed by atoms with Crippen molar-refractivity contribution < 1.29 is 4.74 Å². The summed E-state index contributed by atoms with van der Waals surface area (Å²) in [6, 6.07) is 18.1. The van der Waals surface area contributed by atoms with E-state index < -0.39 is 0 Å². The topological polar surface area (TPSA) is 76.9 Å². The molecule has 7 nitrogen and oxygen atoms in total. The van der Waals surface area contributed by atoms with Crippen LogP contribution in [0.1, 0.15) is 5.56 Å². The lowest BCUT2D eigenvalue weighted by atomic mass is 10.1. The fraction of sp³-hybridized carbons (Fsp3) is 0.190. The monoisotopic (exact) mass is 374 g/mol. The van der Waals surface area contributed by atoms with Crippen molar-refractivity contribution in [3.05, 3.63) is 66.4 Å². The number of aryl methyl sites for hydroxylation is 1. The van der Waals surface area contributed by atoms with E-state index in [-0.39, 0.29) is 0 Å². The van der Waals surface area contributed by atoms with Gasteiger partial charge in [0.2, 0.25) is 5.95 Å². The number of fused-ring (bicyclic) bond motifs is 1. The van der Waals surface area contributed by atoms with Crippen LogP contribution in [0, 0.1) is 0 Å². The van der Waals surface area contributed by atoms with Crippen LogP contribution < -0.4 is 15.4 Å². The van der Waals surface area contributed by atoms with Crippen molar-refractivity contribution in [2.45, 2.75) is 6.42 Å². The van der Waals surface area contributed by atoms with Gasteiger partial charge in [0.15, 0.2) is 5.65 Å². The van der Waals surface area contributed by atoms with Crippen LogP contribution in [0.15, 0.2) is 60.8 Å². The number of aromatic nitrogens is 4. The van der Waals surface area contributed by atoms with Crippen LogP contribution in [0.4, 0.5) is 17.5 Å². The molecule has 0 amide bonds. The number of methoxy groups -OCH3 is 1. The van der Waals surface area contributed by atoms with Gasteiger partial charge in [0.05, 0.1) is 18.7 Å². The van der Waals surface area contributed by atoms with Crippen molar-refractivity contribution in [2.75, 3.05) is 24.3 Å². The van der Waals surface area contributed by atoms with E-state index in [1.165, 1.54) is 5.56 Å². The number of nitrogens with one attached hydrogen (secondary N) is 2. The van der Waals surface area contributed by atoms with Crippen LogP contribution in [0.25, 0.3) is 11.0 Å². The van der Waals surface area contributed by atoms with Crippen molar-refractivity contribution in [3.63, 3.8) is 0 Å². The quantitative estimate of drug-likeness (QED) is 0.513. The largest absolute Gasteiger partial charge is 0.497 e. The predicted octanol–water partition coefficient (Wildman–Crippen LogP) is 3.77. The van der Waals surface area contributed by atoms with Crippen molar-refractivity contribution in [3.8, 4) is 5.75 Å². The Morgan fingerprint density at radius 2 is 1.89 bits per heavy atom. The summed E-state index contributed by atoms with van der Waals surface area (Å²) in [5, 5.41) is 11.9. The van der Waals surface area contributed by atoms with Gasteiger partial charge in [0.1, 0.15) is 11.6 Å². The minimum atomic E-state index is 0.567. The molecule has 2 N–H and O–H groups in total. The third-order valence-electron chi connectivity index (χ3n) is 4.46. The van der Waals surface area contributed by atoms with Crippen molar-refractivity contribution in [1.82, 2.24) is 19.7 Å². The third-order valence-corrected chi connectivity index (χ3v) is 4.46.